The van der Waals surface area contributed by atoms with Gasteiger partial charge in [-0.3, -0.25) is 14.6 Å². The van der Waals surface area contributed by atoms with E-state index in [0.29, 0.717) is 0 Å². The summed E-state index contributed by atoms with van der Waals surface area (Å²) >= 11 is 0. The summed E-state index contributed by atoms with van der Waals surface area (Å²) < 4.78 is 54.3. The highest BCUT2D eigenvalue weighted by Crippen LogP contribution is 2.39. The van der Waals surface area contributed by atoms with Crippen molar-refractivity contribution in [3.8, 4) is 11.1 Å². The fourth-order valence-electron chi connectivity index (χ4n) is 3.62. The van der Waals surface area contributed by atoms with Gasteiger partial charge in [-0.1, -0.05) is 0 Å². The number of nitrogens with zero attached hydrogens (tertiary/aromatic N) is 2. The Balaban J connectivity index is 1.46. The third-order valence-electron chi connectivity index (χ3n) is 5.28. The van der Waals surface area contributed by atoms with E-state index in [1.54, 1.807) is 0 Å². The Morgan fingerprint density at radius 1 is 1.03 bits per heavy atom. The highest BCUT2D eigenvalue weighted by atomic mass is 19.3. The fourth-order valence-corrected chi connectivity index (χ4v) is 3.62. The van der Waals surface area contributed by atoms with Gasteiger partial charge in [0.1, 0.15) is 17.5 Å². The van der Waals surface area contributed by atoms with Crippen molar-refractivity contribution >= 4 is 23.3 Å². The number of pyridine rings is 2. The number of carbonyl (C=O) groups excluding carboxylic acids is 2. The van der Waals surface area contributed by atoms with Crippen molar-refractivity contribution in [2.75, 3.05) is 10.6 Å². The van der Waals surface area contributed by atoms with Crippen molar-refractivity contribution in [2.45, 2.75) is 25.2 Å². The van der Waals surface area contributed by atoms with Crippen molar-refractivity contribution in [1.82, 2.24) is 9.97 Å². The zero-order valence-corrected chi connectivity index (χ0v) is 17.1. The molecule has 170 valence electrons. The molecule has 1 saturated carbocycles. The van der Waals surface area contributed by atoms with E-state index in [2.05, 4.69) is 20.6 Å². The monoisotopic (exact) mass is 458 g/mol. The van der Waals surface area contributed by atoms with Gasteiger partial charge in [-0.25, -0.2) is 22.5 Å². The number of aromatic nitrogens is 2. The molecule has 1 aliphatic rings. The van der Waals surface area contributed by atoms with Gasteiger partial charge in [-0.15, -0.1) is 0 Å². The molecule has 1 aromatic carbocycles. The van der Waals surface area contributed by atoms with Gasteiger partial charge in [-0.05, 0) is 42.8 Å². The summed E-state index contributed by atoms with van der Waals surface area (Å²) in [5.41, 5.74) is 0.627. The summed E-state index contributed by atoms with van der Waals surface area (Å²) in [6.45, 7) is 0. The molecule has 1 aliphatic carbocycles. The summed E-state index contributed by atoms with van der Waals surface area (Å²) in [7, 11) is 0. The number of benzene rings is 1. The van der Waals surface area contributed by atoms with E-state index >= 15 is 0 Å². The Bertz CT molecular complexity index is 1220. The maximum atomic E-state index is 14.1. The van der Waals surface area contributed by atoms with Crippen LogP contribution in [0.5, 0.6) is 0 Å². The lowest BCUT2D eigenvalue weighted by atomic mass is 10.1. The largest absolute Gasteiger partial charge is 0.321 e. The van der Waals surface area contributed by atoms with Gasteiger partial charge in [0.15, 0.2) is 0 Å². The smallest absolute Gasteiger partial charge is 0.255 e. The van der Waals surface area contributed by atoms with Gasteiger partial charge in [0.05, 0.1) is 11.9 Å². The van der Waals surface area contributed by atoms with Crippen molar-refractivity contribution in [2.24, 2.45) is 5.92 Å². The van der Waals surface area contributed by atoms with Crippen molar-refractivity contribution in [1.29, 1.82) is 0 Å². The molecule has 10 heteroatoms. The molecule has 0 bridgehead atoms. The van der Waals surface area contributed by atoms with Crippen LogP contribution in [0.15, 0.2) is 55.0 Å². The molecule has 6 nitrogen and oxygen atoms in total. The Hall–Kier alpha value is -3.82. The SMILES string of the molecule is O=C(Nc1cncc(-c2cc(F)ccc2F)c1)c1ccnc(NC(=O)C2CCC(F)(F)C2)c1. The first kappa shape index (κ1) is 22.4. The van der Waals surface area contributed by atoms with E-state index in [0.717, 1.165) is 18.2 Å². The molecule has 1 unspecified atom stereocenters. The predicted octanol–water partition coefficient (Wildman–Crippen LogP) is 5.05. The Morgan fingerprint density at radius 2 is 1.85 bits per heavy atom. The van der Waals surface area contributed by atoms with Crippen LogP contribution >= 0.6 is 0 Å². The van der Waals surface area contributed by atoms with Crippen LogP contribution in [0.25, 0.3) is 11.1 Å². The van der Waals surface area contributed by atoms with Crippen LogP contribution in [0.3, 0.4) is 0 Å². The second-order valence-corrected chi connectivity index (χ2v) is 7.76. The molecular weight excluding hydrogens is 440 g/mol. The van der Waals surface area contributed by atoms with E-state index in [1.165, 1.54) is 36.8 Å². The minimum Gasteiger partial charge on any atom is -0.321 e. The van der Waals surface area contributed by atoms with Crippen molar-refractivity contribution < 1.29 is 27.2 Å². The van der Waals surface area contributed by atoms with E-state index in [1.807, 2.05) is 0 Å². The first-order valence-electron chi connectivity index (χ1n) is 10.1. The van der Waals surface area contributed by atoms with Gasteiger partial charge in [0.25, 0.3) is 5.91 Å². The zero-order chi connectivity index (χ0) is 23.6. The molecule has 2 heterocycles. The topological polar surface area (TPSA) is 84.0 Å². The quantitative estimate of drug-likeness (QED) is 0.525. The molecule has 4 rings (SSSR count). The number of carbonyl (C=O) groups is 2. The molecule has 2 amide bonds. The first-order valence-corrected chi connectivity index (χ1v) is 10.1. The normalized spacial score (nSPS) is 16.9. The van der Waals surface area contributed by atoms with E-state index in [4.69, 9.17) is 0 Å². The van der Waals surface area contributed by atoms with E-state index in [-0.39, 0.29) is 41.0 Å². The summed E-state index contributed by atoms with van der Waals surface area (Å²) in [5, 5.41) is 5.06. The summed E-state index contributed by atoms with van der Waals surface area (Å²) in [6, 6.07) is 7.16. The minimum absolute atomic E-state index is 0.00926. The molecule has 0 aliphatic heterocycles. The van der Waals surface area contributed by atoms with Gasteiger partial charge < -0.3 is 10.6 Å². The van der Waals surface area contributed by atoms with Crippen LogP contribution in [-0.4, -0.2) is 27.7 Å². The lowest BCUT2D eigenvalue weighted by molar-refractivity contribution is -0.120. The van der Waals surface area contributed by atoms with Gasteiger partial charge in [0.2, 0.25) is 11.8 Å². The van der Waals surface area contributed by atoms with Gasteiger partial charge in [0, 0.05) is 47.8 Å². The molecule has 33 heavy (non-hydrogen) atoms. The van der Waals surface area contributed by atoms with E-state index in [9.17, 15) is 27.2 Å². The molecule has 0 radical (unpaired) electrons. The van der Waals surface area contributed by atoms with Crippen LogP contribution in [0.1, 0.15) is 29.6 Å². The Morgan fingerprint density at radius 3 is 2.61 bits per heavy atom. The maximum absolute atomic E-state index is 14.1. The van der Waals surface area contributed by atoms with Crippen LogP contribution < -0.4 is 10.6 Å². The second kappa shape index (κ2) is 8.97. The van der Waals surface area contributed by atoms with Crippen molar-refractivity contribution in [3.05, 3.63) is 72.2 Å². The van der Waals surface area contributed by atoms with Crippen LogP contribution in [0, 0.1) is 17.6 Å². The molecule has 1 fully saturated rings. The molecule has 2 N–H and O–H groups in total. The molecule has 0 spiro atoms. The first-order chi connectivity index (χ1) is 15.7. The zero-order valence-electron chi connectivity index (χ0n) is 17.1. The number of halogens is 4. The number of alkyl halides is 2. The summed E-state index contributed by atoms with van der Waals surface area (Å²) in [4.78, 5) is 32.8. The number of hydrogen-bond donors (Lipinski definition) is 2. The highest BCUT2D eigenvalue weighted by molar-refractivity contribution is 6.05. The average molecular weight is 458 g/mol. The molecule has 3 aromatic rings. The van der Waals surface area contributed by atoms with Gasteiger partial charge in [-0.2, -0.15) is 0 Å². The Kier molecular flexibility index (Phi) is 6.08. The van der Waals surface area contributed by atoms with Crippen molar-refractivity contribution in [3.63, 3.8) is 0 Å². The lowest BCUT2D eigenvalue weighted by Crippen LogP contribution is -2.23. The third-order valence-corrected chi connectivity index (χ3v) is 5.28. The van der Waals surface area contributed by atoms with E-state index < -0.39 is 41.7 Å². The molecule has 0 saturated heterocycles. The highest BCUT2D eigenvalue weighted by Gasteiger charge is 2.42. The van der Waals surface area contributed by atoms with Crippen LogP contribution in [-0.2, 0) is 4.79 Å². The Labute approximate surface area is 186 Å². The number of hydrogen-bond acceptors (Lipinski definition) is 4. The molecule has 1 atom stereocenters. The summed E-state index contributed by atoms with van der Waals surface area (Å²) in [5.74, 6) is -6.03. The average Bonchev–Trinajstić information content (AvgIpc) is 3.15. The number of anilines is 2. The van der Waals surface area contributed by atoms with Crippen LogP contribution in [0.2, 0.25) is 0 Å². The fraction of sp³-hybridized carbons (Fsp3) is 0.217. The maximum Gasteiger partial charge on any atom is 0.255 e. The number of amides is 2. The number of nitrogens with one attached hydrogen (secondary N) is 2. The van der Waals surface area contributed by atoms with Gasteiger partial charge >= 0.3 is 0 Å². The summed E-state index contributed by atoms with van der Waals surface area (Å²) in [6.07, 6.45) is 3.18. The molecular formula is C23H18F4N4O2. The minimum atomic E-state index is -2.85. The lowest BCUT2D eigenvalue weighted by Gasteiger charge is -2.12. The standard InChI is InChI=1S/C23H18F4N4O2/c24-16-1-2-19(25)18(9-16)15-7-17(12-28-11-15)30-21(32)13-4-6-29-20(8-13)31-22(33)14-3-5-23(26,27)10-14/h1-2,4,6-9,11-12,14H,3,5,10H2,(H,30,32)(H,29,31,33). The third kappa shape index (κ3) is 5.33. The predicted molar refractivity (Wildman–Crippen MR) is 113 cm³/mol. The molecule has 2 aromatic heterocycles. The number of rotatable bonds is 5. The second-order valence-electron chi connectivity index (χ2n) is 7.76. The van der Waals surface area contributed by atoms with Crippen LogP contribution in [0.4, 0.5) is 29.1 Å².